The SMILES string of the molecule is Fc1ccc2nc(C3CCCCN3)n(C3CC3)c2c1. The second kappa shape index (κ2) is 4.30. The molecule has 1 aromatic heterocycles. The maximum Gasteiger partial charge on any atom is 0.127 e. The maximum absolute atomic E-state index is 13.5. The number of rotatable bonds is 2. The summed E-state index contributed by atoms with van der Waals surface area (Å²) in [6.45, 7) is 1.06. The molecular weight excluding hydrogens is 241 g/mol. The second-order valence-corrected chi connectivity index (χ2v) is 5.71. The topological polar surface area (TPSA) is 29.9 Å². The molecule has 1 aromatic carbocycles. The summed E-state index contributed by atoms with van der Waals surface area (Å²) < 4.78 is 15.8. The van der Waals surface area contributed by atoms with Crippen molar-refractivity contribution in [3.05, 3.63) is 29.8 Å². The monoisotopic (exact) mass is 259 g/mol. The Morgan fingerprint density at radius 1 is 1.21 bits per heavy atom. The van der Waals surface area contributed by atoms with Crippen LogP contribution in [0.25, 0.3) is 11.0 Å². The molecule has 0 spiro atoms. The third-order valence-corrected chi connectivity index (χ3v) is 4.21. The highest BCUT2D eigenvalue weighted by Gasteiger charge is 2.31. The molecule has 1 atom stereocenters. The standard InChI is InChI=1S/C15H18FN3/c16-10-4-7-12-14(9-10)19(11-5-6-11)15(18-12)13-3-1-2-8-17-13/h4,7,9,11,13,17H,1-3,5-6,8H2. The molecule has 2 aliphatic rings. The minimum Gasteiger partial charge on any atom is -0.323 e. The molecule has 1 N–H and O–H groups in total. The van der Waals surface area contributed by atoms with E-state index in [1.54, 1.807) is 12.1 Å². The number of piperidine rings is 1. The average molecular weight is 259 g/mol. The minimum atomic E-state index is -0.169. The fraction of sp³-hybridized carbons (Fsp3) is 0.533. The number of aromatic nitrogens is 2. The summed E-state index contributed by atoms with van der Waals surface area (Å²) in [5.74, 6) is 0.945. The Bertz CT molecular complexity index is 609. The number of nitrogens with zero attached hydrogens (tertiary/aromatic N) is 2. The molecule has 3 nitrogen and oxygen atoms in total. The van der Waals surface area contributed by atoms with Crippen LogP contribution in [0.4, 0.5) is 4.39 Å². The molecule has 1 saturated carbocycles. The lowest BCUT2D eigenvalue weighted by Gasteiger charge is -2.24. The number of fused-ring (bicyclic) bond motifs is 1. The number of imidazole rings is 1. The Hall–Kier alpha value is -1.42. The first-order chi connectivity index (χ1) is 9.33. The van der Waals surface area contributed by atoms with E-state index in [0.29, 0.717) is 12.1 Å². The molecule has 19 heavy (non-hydrogen) atoms. The van der Waals surface area contributed by atoms with Crippen molar-refractivity contribution in [3.8, 4) is 0 Å². The first-order valence-corrected chi connectivity index (χ1v) is 7.24. The fourth-order valence-corrected chi connectivity index (χ4v) is 3.12. The van der Waals surface area contributed by atoms with E-state index in [9.17, 15) is 4.39 Å². The largest absolute Gasteiger partial charge is 0.323 e. The Morgan fingerprint density at radius 3 is 2.84 bits per heavy atom. The summed E-state index contributed by atoms with van der Waals surface area (Å²) in [5, 5.41) is 3.56. The van der Waals surface area contributed by atoms with Gasteiger partial charge in [-0.25, -0.2) is 9.37 Å². The molecule has 2 aromatic rings. The Morgan fingerprint density at radius 2 is 2.11 bits per heavy atom. The quantitative estimate of drug-likeness (QED) is 0.896. The van der Waals surface area contributed by atoms with Gasteiger partial charge in [0.15, 0.2) is 0 Å². The maximum atomic E-state index is 13.5. The van der Waals surface area contributed by atoms with Crippen LogP contribution in [0, 0.1) is 5.82 Å². The van der Waals surface area contributed by atoms with Crippen LogP contribution in [-0.2, 0) is 0 Å². The minimum absolute atomic E-state index is 0.169. The Balaban J connectivity index is 1.86. The number of hydrogen-bond acceptors (Lipinski definition) is 2. The van der Waals surface area contributed by atoms with E-state index < -0.39 is 0 Å². The Kier molecular flexibility index (Phi) is 2.58. The average Bonchev–Trinajstić information content (AvgIpc) is 3.21. The summed E-state index contributed by atoms with van der Waals surface area (Å²) in [6.07, 6.45) is 6.02. The van der Waals surface area contributed by atoms with Gasteiger partial charge in [-0.1, -0.05) is 6.42 Å². The molecule has 4 heteroatoms. The van der Waals surface area contributed by atoms with Gasteiger partial charge < -0.3 is 9.88 Å². The van der Waals surface area contributed by atoms with Gasteiger partial charge in [0.1, 0.15) is 11.6 Å². The van der Waals surface area contributed by atoms with E-state index in [1.807, 2.05) is 0 Å². The normalized spacial score (nSPS) is 23.9. The molecule has 2 heterocycles. The van der Waals surface area contributed by atoms with E-state index in [2.05, 4.69) is 9.88 Å². The van der Waals surface area contributed by atoms with Crippen LogP contribution in [0.5, 0.6) is 0 Å². The lowest BCUT2D eigenvalue weighted by atomic mass is 10.0. The molecule has 1 aliphatic carbocycles. The van der Waals surface area contributed by atoms with E-state index >= 15 is 0 Å². The highest BCUT2D eigenvalue weighted by molar-refractivity contribution is 5.76. The van der Waals surface area contributed by atoms with Crippen LogP contribution < -0.4 is 5.32 Å². The third kappa shape index (κ3) is 1.94. The van der Waals surface area contributed by atoms with Crippen LogP contribution >= 0.6 is 0 Å². The van der Waals surface area contributed by atoms with Gasteiger partial charge in [-0.2, -0.15) is 0 Å². The molecule has 1 aliphatic heterocycles. The number of nitrogens with one attached hydrogen (secondary N) is 1. The predicted octanol–water partition coefficient (Wildman–Crippen LogP) is 3.32. The van der Waals surface area contributed by atoms with Gasteiger partial charge in [0.05, 0.1) is 17.1 Å². The first-order valence-electron chi connectivity index (χ1n) is 7.24. The first kappa shape index (κ1) is 11.4. The molecular formula is C15H18FN3. The summed E-state index contributed by atoms with van der Waals surface area (Å²) >= 11 is 0. The van der Waals surface area contributed by atoms with Crippen molar-refractivity contribution in [3.63, 3.8) is 0 Å². The summed E-state index contributed by atoms with van der Waals surface area (Å²) in [7, 11) is 0. The van der Waals surface area contributed by atoms with Crippen molar-refractivity contribution in [1.29, 1.82) is 0 Å². The molecule has 0 bridgehead atoms. The van der Waals surface area contributed by atoms with Gasteiger partial charge in [-0.15, -0.1) is 0 Å². The molecule has 0 radical (unpaired) electrons. The van der Waals surface area contributed by atoms with Crippen molar-refractivity contribution >= 4 is 11.0 Å². The van der Waals surface area contributed by atoms with Gasteiger partial charge in [0, 0.05) is 6.04 Å². The molecule has 4 rings (SSSR count). The van der Waals surface area contributed by atoms with Crippen molar-refractivity contribution in [2.24, 2.45) is 0 Å². The van der Waals surface area contributed by atoms with E-state index in [1.165, 1.54) is 31.7 Å². The second-order valence-electron chi connectivity index (χ2n) is 5.71. The summed E-state index contributed by atoms with van der Waals surface area (Å²) in [5.41, 5.74) is 1.89. The van der Waals surface area contributed by atoms with Crippen LogP contribution in [0.3, 0.4) is 0 Å². The molecule has 100 valence electrons. The highest BCUT2D eigenvalue weighted by atomic mass is 19.1. The van der Waals surface area contributed by atoms with Crippen molar-refractivity contribution in [1.82, 2.24) is 14.9 Å². The van der Waals surface area contributed by atoms with Crippen LogP contribution in [-0.4, -0.2) is 16.1 Å². The molecule has 1 saturated heterocycles. The van der Waals surface area contributed by atoms with Crippen molar-refractivity contribution in [2.75, 3.05) is 6.54 Å². The Labute approximate surface area is 111 Å². The van der Waals surface area contributed by atoms with Crippen molar-refractivity contribution < 1.29 is 4.39 Å². The van der Waals surface area contributed by atoms with E-state index in [-0.39, 0.29) is 5.82 Å². The van der Waals surface area contributed by atoms with Crippen molar-refractivity contribution in [2.45, 2.75) is 44.2 Å². The molecule has 2 fully saturated rings. The highest BCUT2D eigenvalue weighted by Crippen LogP contribution is 2.41. The number of benzene rings is 1. The van der Waals surface area contributed by atoms with Gasteiger partial charge in [-0.3, -0.25) is 0 Å². The van der Waals surface area contributed by atoms with Gasteiger partial charge in [-0.05, 0) is 50.4 Å². The van der Waals surface area contributed by atoms with Gasteiger partial charge in [0.2, 0.25) is 0 Å². The van der Waals surface area contributed by atoms with Crippen LogP contribution in [0.15, 0.2) is 18.2 Å². The molecule has 1 unspecified atom stereocenters. The lowest BCUT2D eigenvalue weighted by Crippen LogP contribution is -2.29. The lowest BCUT2D eigenvalue weighted by molar-refractivity contribution is 0.387. The fourth-order valence-electron chi connectivity index (χ4n) is 3.12. The van der Waals surface area contributed by atoms with Gasteiger partial charge >= 0.3 is 0 Å². The molecule has 0 amide bonds. The van der Waals surface area contributed by atoms with Gasteiger partial charge in [0.25, 0.3) is 0 Å². The smallest absolute Gasteiger partial charge is 0.127 e. The van der Waals surface area contributed by atoms with Crippen LogP contribution in [0.2, 0.25) is 0 Å². The number of halogens is 1. The van der Waals surface area contributed by atoms with E-state index in [0.717, 1.165) is 29.8 Å². The predicted molar refractivity (Wildman–Crippen MR) is 72.6 cm³/mol. The zero-order chi connectivity index (χ0) is 12.8. The summed E-state index contributed by atoms with van der Waals surface area (Å²) in [4.78, 5) is 4.77. The third-order valence-electron chi connectivity index (χ3n) is 4.21. The zero-order valence-corrected chi connectivity index (χ0v) is 10.9. The van der Waals surface area contributed by atoms with Crippen LogP contribution in [0.1, 0.15) is 50.0 Å². The zero-order valence-electron chi connectivity index (χ0n) is 10.9. The van der Waals surface area contributed by atoms with E-state index in [4.69, 9.17) is 4.98 Å². The summed E-state index contributed by atoms with van der Waals surface area (Å²) in [6, 6.07) is 5.81. The number of hydrogen-bond donors (Lipinski definition) is 1.